The predicted octanol–water partition coefficient (Wildman–Crippen LogP) is 2.18. The third-order valence-electron chi connectivity index (χ3n) is 2.82. The first-order valence-electron chi connectivity index (χ1n) is 5.64. The number of benzene rings is 1. The van der Waals surface area contributed by atoms with Gasteiger partial charge in [-0.05, 0) is 25.0 Å². The molecule has 0 aromatic heterocycles. The van der Waals surface area contributed by atoms with Crippen molar-refractivity contribution in [1.82, 2.24) is 5.32 Å². The molecule has 0 aliphatic carbocycles. The molecule has 1 unspecified atom stereocenters. The van der Waals surface area contributed by atoms with Gasteiger partial charge in [0.15, 0.2) is 11.5 Å². The molecule has 0 heterocycles. The number of nitrogens with one attached hydrogen (secondary N) is 1. The molecule has 0 saturated carbocycles. The molecule has 0 spiro atoms. The summed E-state index contributed by atoms with van der Waals surface area (Å²) in [5, 5.41) is 12.7. The molecule has 0 radical (unpaired) electrons. The number of ether oxygens (including phenoxy) is 1. The summed E-state index contributed by atoms with van der Waals surface area (Å²) in [6, 6.07) is 4.90. The standard InChI is InChI=1S/C13H19NO3/c1-8(2)9(3)14-13(16)10-6-5-7-11(17-4)12(10)15/h5-9,15H,1-4H3,(H,14,16). The predicted molar refractivity (Wildman–Crippen MR) is 66.4 cm³/mol. The number of methoxy groups -OCH3 is 1. The number of carbonyl (C=O) groups is 1. The van der Waals surface area contributed by atoms with Crippen LogP contribution in [0.25, 0.3) is 0 Å². The lowest BCUT2D eigenvalue weighted by Crippen LogP contribution is -2.36. The second-order valence-corrected chi connectivity index (χ2v) is 4.36. The molecule has 1 amide bonds. The number of carbonyl (C=O) groups excluding carboxylic acids is 1. The summed E-state index contributed by atoms with van der Waals surface area (Å²) >= 11 is 0. The van der Waals surface area contributed by atoms with Gasteiger partial charge in [0, 0.05) is 6.04 Å². The maximum absolute atomic E-state index is 11.9. The normalized spacial score (nSPS) is 12.3. The Balaban J connectivity index is 2.89. The van der Waals surface area contributed by atoms with Gasteiger partial charge < -0.3 is 15.2 Å². The van der Waals surface area contributed by atoms with E-state index in [1.165, 1.54) is 7.11 Å². The Kier molecular flexibility index (Phi) is 4.37. The minimum atomic E-state index is -0.289. The van der Waals surface area contributed by atoms with Crippen LogP contribution >= 0.6 is 0 Å². The monoisotopic (exact) mass is 237 g/mol. The van der Waals surface area contributed by atoms with Crippen molar-refractivity contribution in [2.45, 2.75) is 26.8 Å². The van der Waals surface area contributed by atoms with E-state index in [-0.39, 0.29) is 23.3 Å². The molecule has 1 aromatic carbocycles. The summed E-state index contributed by atoms with van der Waals surface area (Å²) in [6.45, 7) is 5.98. The number of para-hydroxylation sites is 1. The molecular weight excluding hydrogens is 218 g/mol. The summed E-state index contributed by atoms with van der Waals surface area (Å²) in [5.41, 5.74) is 0.233. The average molecular weight is 237 g/mol. The van der Waals surface area contributed by atoms with Gasteiger partial charge in [-0.1, -0.05) is 19.9 Å². The molecule has 17 heavy (non-hydrogen) atoms. The van der Waals surface area contributed by atoms with Crippen LogP contribution in [0.1, 0.15) is 31.1 Å². The van der Waals surface area contributed by atoms with E-state index in [1.54, 1.807) is 18.2 Å². The van der Waals surface area contributed by atoms with Crippen molar-refractivity contribution in [2.75, 3.05) is 7.11 Å². The van der Waals surface area contributed by atoms with Crippen molar-refractivity contribution in [3.8, 4) is 11.5 Å². The molecule has 4 nitrogen and oxygen atoms in total. The number of hydrogen-bond donors (Lipinski definition) is 2. The van der Waals surface area contributed by atoms with E-state index in [4.69, 9.17) is 4.74 Å². The zero-order chi connectivity index (χ0) is 13.0. The smallest absolute Gasteiger partial charge is 0.255 e. The van der Waals surface area contributed by atoms with Gasteiger partial charge in [0.05, 0.1) is 12.7 Å². The van der Waals surface area contributed by atoms with Gasteiger partial charge in [-0.3, -0.25) is 4.79 Å². The highest BCUT2D eigenvalue weighted by Crippen LogP contribution is 2.29. The topological polar surface area (TPSA) is 58.6 Å². The van der Waals surface area contributed by atoms with Crippen LogP contribution in [0.15, 0.2) is 18.2 Å². The highest BCUT2D eigenvalue weighted by molar-refractivity contribution is 5.97. The van der Waals surface area contributed by atoms with Crippen LogP contribution in [0.5, 0.6) is 11.5 Å². The fraction of sp³-hybridized carbons (Fsp3) is 0.462. The average Bonchev–Trinajstić information content (AvgIpc) is 2.28. The lowest BCUT2D eigenvalue weighted by Gasteiger charge is -2.18. The van der Waals surface area contributed by atoms with Crippen molar-refractivity contribution in [3.63, 3.8) is 0 Å². The Labute approximate surface area is 102 Å². The van der Waals surface area contributed by atoms with Gasteiger partial charge in [-0.2, -0.15) is 0 Å². The fourth-order valence-electron chi connectivity index (χ4n) is 1.32. The molecule has 94 valence electrons. The van der Waals surface area contributed by atoms with E-state index < -0.39 is 0 Å². The molecule has 0 aliphatic heterocycles. The summed E-state index contributed by atoms with van der Waals surface area (Å²) in [5.74, 6) is 0.229. The van der Waals surface area contributed by atoms with Gasteiger partial charge in [0.25, 0.3) is 5.91 Å². The molecule has 0 fully saturated rings. The summed E-state index contributed by atoms with van der Waals surface area (Å²) in [6.07, 6.45) is 0. The quantitative estimate of drug-likeness (QED) is 0.843. The third-order valence-corrected chi connectivity index (χ3v) is 2.82. The summed E-state index contributed by atoms with van der Waals surface area (Å²) in [7, 11) is 1.45. The highest BCUT2D eigenvalue weighted by Gasteiger charge is 2.17. The Morgan fingerprint density at radius 3 is 2.53 bits per heavy atom. The highest BCUT2D eigenvalue weighted by atomic mass is 16.5. The lowest BCUT2D eigenvalue weighted by molar-refractivity contribution is 0.0927. The van der Waals surface area contributed by atoms with Gasteiger partial charge in [-0.15, -0.1) is 0 Å². The molecular formula is C13H19NO3. The van der Waals surface area contributed by atoms with Crippen LogP contribution in [0.3, 0.4) is 0 Å². The zero-order valence-electron chi connectivity index (χ0n) is 10.7. The molecule has 0 bridgehead atoms. The van der Waals surface area contributed by atoms with E-state index in [0.717, 1.165) is 0 Å². The molecule has 4 heteroatoms. The largest absolute Gasteiger partial charge is 0.504 e. The van der Waals surface area contributed by atoms with E-state index >= 15 is 0 Å². The van der Waals surface area contributed by atoms with Crippen molar-refractivity contribution in [1.29, 1.82) is 0 Å². The molecule has 2 N–H and O–H groups in total. The van der Waals surface area contributed by atoms with Gasteiger partial charge >= 0.3 is 0 Å². The fourth-order valence-corrected chi connectivity index (χ4v) is 1.32. The van der Waals surface area contributed by atoms with Crippen LogP contribution in [-0.2, 0) is 0 Å². The Bertz CT molecular complexity index is 402. The van der Waals surface area contributed by atoms with E-state index in [0.29, 0.717) is 11.7 Å². The number of rotatable bonds is 4. The van der Waals surface area contributed by atoms with Crippen molar-refractivity contribution in [2.24, 2.45) is 5.92 Å². The summed E-state index contributed by atoms with van der Waals surface area (Å²) < 4.78 is 4.96. The molecule has 0 aliphatic rings. The van der Waals surface area contributed by atoms with E-state index in [2.05, 4.69) is 5.32 Å². The van der Waals surface area contributed by atoms with Gasteiger partial charge in [0.1, 0.15) is 0 Å². The second kappa shape index (κ2) is 5.57. The van der Waals surface area contributed by atoms with E-state index in [1.807, 2.05) is 20.8 Å². The van der Waals surface area contributed by atoms with Crippen LogP contribution in [0.4, 0.5) is 0 Å². The number of phenols is 1. The molecule has 0 saturated heterocycles. The summed E-state index contributed by atoms with van der Waals surface area (Å²) in [4.78, 5) is 11.9. The Morgan fingerprint density at radius 1 is 1.35 bits per heavy atom. The lowest BCUT2D eigenvalue weighted by atomic mass is 10.1. The second-order valence-electron chi connectivity index (χ2n) is 4.36. The molecule has 1 rings (SSSR count). The Morgan fingerprint density at radius 2 is 2.00 bits per heavy atom. The van der Waals surface area contributed by atoms with Crippen molar-refractivity contribution >= 4 is 5.91 Å². The molecule has 1 atom stereocenters. The van der Waals surface area contributed by atoms with Crippen LogP contribution < -0.4 is 10.1 Å². The van der Waals surface area contributed by atoms with Gasteiger partial charge in [0.2, 0.25) is 0 Å². The third kappa shape index (κ3) is 3.12. The van der Waals surface area contributed by atoms with Crippen LogP contribution in [0.2, 0.25) is 0 Å². The van der Waals surface area contributed by atoms with Crippen LogP contribution in [-0.4, -0.2) is 24.2 Å². The number of phenolic OH excluding ortho intramolecular Hbond substituents is 1. The van der Waals surface area contributed by atoms with Crippen LogP contribution in [0, 0.1) is 5.92 Å². The Hall–Kier alpha value is -1.71. The number of aromatic hydroxyl groups is 1. The van der Waals surface area contributed by atoms with Crippen molar-refractivity contribution < 1.29 is 14.6 Å². The minimum Gasteiger partial charge on any atom is -0.504 e. The SMILES string of the molecule is COc1cccc(C(=O)NC(C)C(C)C)c1O. The zero-order valence-corrected chi connectivity index (χ0v) is 10.7. The minimum absolute atomic E-state index is 0.0492. The number of amides is 1. The van der Waals surface area contributed by atoms with Gasteiger partial charge in [-0.25, -0.2) is 0 Å². The first-order chi connectivity index (χ1) is 7.97. The first-order valence-corrected chi connectivity index (χ1v) is 5.64. The van der Waals surface area contributed by atoms with Crippen molar-refractivity contribution in [3.05, 3.63) is 23.8 Å². The van der Waals surface area contributed by atoms with E-state index in [9.17, 15) is 9.90 Å². The molecule has 1 aromatic rings. The maximum Gasteiger partial charge on any atom is 0.255 e. The number of hydrogen-bond acceptors (Lipinski definition) is 3. The first kappa shape index (κ1) is 13.4. The maximum atomic E-state index is 11.9.